The normalized spacial score (nSPS) is 30.4. The first-order valence-electron chi connectivity index (χ1n) is 5.77. The van der Waals surface area contributed by atoms with E-state index in [1.54, 1.807) is 6.07 Å². The number of aliphatic carboxylic acids is 1. The summed E-state index contributed by atoms with van der Waals surface area (Å²) in [6.07, 6.45) is 1.85. The van der Waals surface area contributed by atoms with E-state index in [2.05, 4.69) is 5.32 Å². The van der Waals surface area contributed by atoms with Crippen LogP contribution >= 0.6 is 0 Å². The van der Waals surface area contributed by atoms with E-state index in [1.165, 1.54) is 0 Å². The summed E-state index contributed by atoms with van der Waals surface area (Å²) in [5.41, 5.74) is 1.23. The van der Waals surface area contributed by atoms with E-state index in [4.69, 9.17) is 5.11 Å². The first-order valence-corrected chi connectivity index (χ1v) is 5.77. The van der Waals surface area contributed by atoms with Crippen molar-refractivity contribution in [3.8, 4) is 0 Å². The minimum atomic E-state index is -0.763. The van der Waals surface area contributed by atoms with Gasteiger partial charge >= 0.3 is 5.97 Å². The van der Waals surface area contributed by atoms with Gasteiger partial charge in [-0.1, -0.05) is 18.2 Å². The Morgan fingerprint density at radius 2 is 2.18 bits per heavy atom. The topological polar surface area (TPSA) is 66.4 Å². The first-order chi connectivity index (χ1) is 8.12. The Morgan fingerprint density at radius 1 is 1.41 bits per heavy atom. The van der Waals surface area contributed by atoms with Crippen molar-refractivity contribution in [2.24, 2.45) is 5.92 Å². The molecule has 0 aromatic heterocycles. The van der Waals surface area contributed by atoms with Gasteiger partial charge in [0, 0.05) is 5.56 Å². The van der Waals surface area contributed by atoms with E-state index in [0.717, 1.165) is 5.56 Å². The molecule has 1 spiro atoms. The number of benzene rings is 1. The number of carbonyl (C=O) groups is 2. The van der Waals surface area contributed by atoms with Gasteiger partial charge in [0.1, 0.15) is 0 Å². The first kappa shape index (κ1) is 10.3. The molecule has 1 aliphatic carbocycles. The van der Waals surface area contributed by atoms with Gasteiger partial charge in [0.05, 0.1) is 11.5 Å². The number of carbonyl (C=O) groups excluding carboxylic acids is 1. The molecule has 4 nitrogen and oxygen atoms in total. The maximum absolute atomic E-state index is 11.8. The number of fused-ring (bicyclic) bond motifs is 2. The second kappa shape index (κ2) is 3.32. The van der Waals surface area contributed by atoms with Crippen LogP contribution in [0.4, 0.5) is 0 Å². The molecule has 1 aromatic carbocycles. The minimum Gasteiger partial charge on any atom is -0.481 e. The Hall–Kier alpha value is -1.84. The van der Waals surface area contributed by atoms with Crippen LogP contribution in [0.1, 0.15) is 35.2 Å². The summed E-state index contributed by atoms with van der Waals surface area (Å²) in [4.78, 5) is 22.9. The number of hydrogen-bond acceptors (Lipinski definition) is 2. The molecular formula is C13H13NO3. The summed E-state index contributed by atoms with van der Waals surface area (Å²) < 4.78 is 0. The smallest absolute Gasteiger partial charge is 0.306 e. The van der Waals surface area contributed by atoms with Crippen LogP contribution in [0.15, 0.2) is 24.3 Å². The molecular weight excluding hydrogens is 218 g/mol. The Labute approximate surface area is 98.6 Å². The molecule has 1 aliphatic heterocycles. The highest BCUT2D eigenvalue weighted by atomic mass is 16.4. The van der Waals surface area contributed by atoms with E-state index < -0.39 is 11.5 Å². The van der Waals surface area contributed by atoms with E-state index in [-0.39, 0.29) is 11.8 Å². The molecule has 2 atom stereocenters. The van der Waals surface area contributed by atoms with Gasteiger partial charge < -0.3 is 10.4 Å². The van der Waals surface area contributed by atoms with Crippen LogP contribution in [0.3, 0.4) is 0 Å². The van der Waals surface area contributed by atoms with Crippen molar-refractivity contribution in [1.29, 1.82) is 0 Å². The molecule has 1 fully saturated rings. The fraction of sp³-hybridized carbons (Fsp3) is 0.385. The Balaban J connectivity index is 2.02. The molecule has 0 bridgehead atoms. The highest BCUT2D eigenvalue weighted by Crippen LogP contribution is 2.46. The van der Waals surface area contributed by atoms with E-state index in [0.29, 0.717) is 24.8 Å². The summed E-state index contributed by atoms with van der Waals surface area (Å²) in [6, 6.07) is 7.46. The second-order valence-electron chi connectivity index (χ2n) is 4.86. The third kappa shape index (κ3) is 1.37. The molecule has 1 saturated carbocycles. The second-order valence-corrected chi connectivity index (χ2v) is 4.86. The third-order valence-corrected chi connectivity index (χ3v) is 3.90. The Morgan fingerprint density at radius 3 is 2.88 bits per heavy atom. The lowest BCUT2D eigenvalue weighted by Gasteiger charge is -2.24. The molecule has 17 heavy (non-hydrogen) atoms. The fourth-order valence-corrected chi connectivity index (χ4v) is 3.06. The highest BCUT2D eigenvalue weighted by molar-refractivity contribution is 6.00. The van der Waals surface area contributed by atoms with Gasteiger partial charge in [-0.3, -0.25) is 9.59 Å². The number of nitrogens with one attached hydrogen (secondary N) is 1. The summed E-state index contributed by atoms with van der Waals surface area (Å²) in [5.74, 6) is -1.19. The molecule has 0 saturated heterocycles. The van der Waals surface area contributed by atoms with Crippen LogP contribution in [0, 0.1) is 5.92 Å². The molecule has 0 unspecified atom stereocenters. The van der Waals surface area contributed by atoms with Gasteiger partial charge in [0.15, 0.2) is 0 Å². The van der Waals surface area contributed by atoms with Crippen molar-refractivity contribution >= 4 is 11.9 Å². The van der Waals surface area contributed by atoms with Gasteiger partial charge in [-0.05, 0) is 30.9 Å². The summed E-state index contributed by atoms with van der Waals surface area (Å²) in [7, 11) is 0. The molecule has 4 heteroatoms. The molecule has 1 heterocycles. The van der Waals surface area contributed by atoms with Crippen molar-refractivity contribution in [3.05, 3.63) is 35.4 Å². The van der Waals surface area contributed by atoms with Crippen molar-refractivity contribution in [2.45, 2.75) is 24.8 Å². The number of carboxylic acids is 1. The van der Waals surface area contributed by atoms with Crippen molar-refractivity contribution < 1.29 is 14.7 Å². The molecule has 1 amide bonds. The monoisotopic (exact) mass is 231 g/mol. The lowest BCUT2D eigenvalue weighted by molar-refractivity contribution is -0.141. The van der Waals surface area contributed by atoms with Gasteiger partial charge in [-0.25, -0.2) is 0 Å². The minimum absolute atomic E-state index is 0.0772. The maximum Gasteiger partial charge on any atom is 0.306 e. The van der Waals surface area contributed by atoms with Crippen LogP contribution in [0.25, 0.3) is 0 Å². The number of amides is 1. The van der Waals surface area contributed by atoms with E-state index in [9.17, 15) is 9.59 Å². The highest BCUT2D eigenvalue weighted by Gasteiger charge is 2.49. The van der Waals surface area contributed by atoms with Crippen molar-refractivity contribution in [3.63, 3.8) is 0 Å². The zero-order chi connectivity index (χ0) is 12.0. The van der Waals surface area contributed by atoms with Crippen LogP contribution in [-0.4, -0.2) is 17.0 Å². The quantitative estimate of drug-likeness (QED) is 0.769. The average molecular weight is 231 g/mol. The zero-order valence-electron chi connectivity index (χ0n) is 9.27. The average Bonchev–Trinajstić information content (AvgIpc) is 2.85. The lowest BCUT2D eigenvalue weighted by Crippen LogP contribution is -2.37. The third-order valence-electron chi connectivity index (χ3n) is 3.90. The van der Waals surface area contributed by atoms with Crippen molar-refractivity contribution in [2.75, 3.05) is 0 Å². The number of hydrogen-bond donors (Lipinski definition) is 2. The molecule has 88 valence electrons. The number of rotatable bonds is 1. The number of carboxylic acid groups (broad SMARTS) is 1. The fourth-order valence-electron chi connectivity index (χ4n) is 3.06. The van der Waals surface area contributed by atoms with Gasteiger partial charge in [0.25, 0.3) is 5.91 Å². The van der Waals surface area contributed by atoms with Crippen LogP contribution in [-0.2, 0) is 10.3 Å². The van der Waals surface area contributed by atoms with Crippen LogP contribution < -0.4 is 5.32 Å². The van der Waals surface area contributed by atoms with E-state index in [1.807, 2.05) is 18.2 Å². The maximum atomic E-state index is 11.8. The largest absolute Gasteiger partial charge is 0.481 e. The SMILES string of the molecule is O=C1N[C@]2(CC[C@@H](C(=O)O)C2)c2ccccc21. The zero-order valence-corrected chi connectivity index (χ0v) is 9.27. The summed E-state index contributed by atoms with van der Waals surface area (Å²) >= 11 is 0. The molecule has 3 rings (SSSR count). The van der Waals surface area contributed by atoms with E-state index >= 15 is 0 Å². The van der Waals surface area contributed by atoms with Gasteiger partial charge in [0.2, 0.25) is 0 Å². The Kier molecular flexibility index (Phi) is 2.02. The Bertz CT molecular complexity index is 511. The molecule has 2 aliphatic rings. The lowest BCUT2D eigenvalue weighted by atomic mass is 9.88. The summed E-state index contributed by atoms with van der Waals surface area (Å²) in [5, 5.41) is 12.0. The molecule has 1 aromatic rings. The van der Waals surface area contributed by atoms with Crippen molar-refractivity contribution in [1.82, 2.24) is 5.32 Å². The van der Waals surface area contributed by atoms with Crippen LogP contribution in [0.5, 0.6) is 0 Å². The van der Waals surface area contributed by atoms with Gasteiger partial charge in [-0.15, -0.1) is 0 Å². The molecule has 0 radical (unpaired) electrons. The predicted molar refractivity (Wildman–Crippen MR) is 60.6 cm³/mol. The predicted octanol–water partition coefficient (Wildman–Crippen LogP) is 1.51. The standard InChI is InChI=1S/C13H13NO3/c15-11-9-3-1-2-4-10(9)13(14-11)6-5-8(7-13)12(16)17/h1-4,8H,5-7H2,(H,14,15)(H,16,17)/t8-,13+/m1/s1. The summed E-state index contributed by atoms with van der Waals surface area (Å²) in [6.45, 7) is 0. The van der Waals surface area contributed by atoms with Gasteiger partial charge in [-0.2, -0.15) is 0 Å². The van der Waals surface area contributed by atoms with Crippen LogP contribution in [0.2, 0.25) is 0 Å². The molecule has 2 N–H and O–H groups in total.